The normalized spacial score (nSPS) is 12.2. The Morgan fingerprint density at radius 1 is 1.05 bits per heavy atom. The van der Waals surface area contributed by atoms with E-state index in [2.05, 4.69) is 31.3 Å². The summed E-state index contributed by atoms with van der Waals surface area (Å²) in [5.41, 5.74) is 1.08. The van der Waals surface area contributed by atoms with Crippen molar-refractivity contribution in [3.8, 4) is 0 Å². The molecule has 1 atom stereocenters. The zero-order valence-corrected chi connectivity index (χ0v) is 22.9. The fraction of sp³-hybridized carbons (Fsp3) is 0.250. The quantitative estimate of drug-likeness (QED) is 0.201. The fourth-order valence-corrected chi connectivity index (χ4v) is 4.73. The van der Waals surface area contributed by atoms with Gasteiger partial charge in [-0.3, -0.25) is 4.57 Å². The topological polar surface area (TPSA) is 147 Å². The number of ether oxygens (including phenoxy) is 1. The van der Waals surface area contributed by atoms with Gasteiger partial charge in [-0.1, -0.05) is 36.4 Å². The van der Waals surface area contributed by atoms with Crippen molar-refractivity contribution >= 4 is 35.0 Å². The number of aryl methyl sites for hydroxylation is 1. The van der Waals surface area contributed by atoms with Crippen LogP contribution in [0, 0.1) is 6.92 Å². The SMILES string of the molecule is Cc1cn(CC(C)(NC(=O)OCc2ccccc2)C(=O)O)c(=O)nc1NCc1cscc1CNc1ccccn1. The van der Waals surface area contributed by atoms with E-state index in [9.17, 15) is 19.5 Å². The summed E-state index contributed by atoms with van der Waals surface area (Å²) in [7, 11) is 0. The lowest BCUT2D eigenvalue weighted by atomic mass is 10.0. The number of aromatic nitrogens is 3. The second-order valence-corrected chi connectivity index (χ2v) is 10.1. The molecule has 1 aromatic carbocycles. The van der Waals surface area contributed by atoms with Crippen LogP contribution in [0.25, 0.3) is 0 Å². The Bertz CT molecular complexity index is 1510. The molecule has 40 heavy (non-hydrogen) atoms. The summed E-state index contributed by atoms with van der Waals surface area (Å²) in [4.78, 5) is 45.7. The van der Waals surface area contributed by atoms with Gasteiger partial charge in [-0.25, -0.2) is 19.4 Å². The zero-order chi connectivity index (χ0) is 28.5. The molecule has 1 amide bonds. The van der Waals surface area contributed by atoms with Gasteiger partial charge in [0.15, 0.2) is 5.54 Å². The van der Waals surface area contributed by atoms with Crippen molar-refractivity contribution in [2.45, 2.75) is 45.6 Å². The number of aliphatic carboxylic acids is 1. The molecule has 4 N–H and O–H groups in total. The second kappa shape index (κ2) is 12.9. The maximum Gasteiger partial charge on any atom is 0.408 e. The van der Waals surface area contributed by atoms with Gasteiger partial charge in [-0.2, -0.15) is 16.3 Å². The first-order valence-corrected chi connectivity index (χ1v) is 13.4. The molecule has 3 aromatic heterocycles. The summed E-state index contributed by atoms with van der Waals surface area (Å²) in [6.45, 7) is 3.76. The minimum absolute atomic E-state index is 0.0194. The van der Waals surface area contributed by atoms with Gasteiger partial charge in [0.1, 0.15) is 18.2 Å². The standard InChI is InChI=1S/C28H30N6O5S/c1-19-14-34(18-28(2,25(35)36)33-27(38)39-15-20-8-4-3-5-9-20)26(37)32-24(19)31-13-22-17-40-16-21(22)12-30-23-10-6-7-11-29-23/h3-11,14,16-17H,12-13,15,18H2,1-2H3,(H,29,30)(H,33,38)(H,35,36)(H,31,32,37). The number of pyridine rings is 1. The van der Waals surface area contributed by atoms with Crippen molar-refractivity contribution in [1.29, 1.82) is 0 Å². The van der Waals surface area contributed by atoms with E-state index in [0.717, 1.165) is 22.5 Å². The number of benzene rings is 1. The van der Waals surface area contributed by atoms with E-state index in [1.165, 1.54) is 17.7 Å². The Hall–Kier alpha value is -4.71. The molecule has 0 bridgehead atoms. The highest BCUT2D eigenvalue weighted by Crippen LogP contribution is 2.19. The van der Waals surface area contributed by atoms with Gasteiger partial charge in [0, 0.05) is 31.0 Å². The van der Waals surface area contributed by atoms with E-state index in [4.69, 9.17) is 4.74 Å². The molecule has 0 spiro atoms. The molecule has 11 nitrogen and oxygen atoms in total. The number of thiophene rings is 1. The number of amides is 1. The molecule has 208 valence electrons. The third-order valence-electron chi connectivity index (χ3n) is 6.13. The summed E-state index contributed by atoms with van der Waals surface area (Å²) in [5.74, 6) is -0.149. The Labute approximate surface area is 234 Å². The third-order valence-corrected chi connectivity index (χ3v) is 6.97. The van der Waals surface area contributed by atoms with Crippen LogP contribution in [0.4, 0.5) is 16.4 Å². The van der Waals surface area contributed by atoms with Crippen LogP contribution in [-0.4, -0.2) is 37.2 Å². The minimum Gasteiger partial charge on any atom is -0.479 e. The molecule has 0 aliphatic rings. The van der Waals surface area contributed by atoms with Gasteiger partial charge in [-0.15, -0.1) is 0 Å². The number of carbonyl (C=O) groups is 2. The fourth-order valence-electron chi connectivity index (χ4n) is 3.87. The third kappa shape index (κ3) is 7.44. The highest BCUT2D eigenvalue weighted by molar-refractivity contribution is 7.08. The smallest absolute Gasteiger partial charge is 0.408 e. The summed E-state index contributed by atoms with van der Waals surface area (Å²) < 4.78 is 6.34. The molecule has 4 rings (SSSR count). The Morgan fingerprint density at radius 2 is 1.75 bits per heavy atom. The number of carboxylic acid groups (broad SMARTS) is 1. The van der Waals surface area contributed by atoms with Crippen molar-refractivity contribution in [3.05, 3.63) is 104 Å². The number of carboxylic acids is 1. The lowest BCUT2D eigenvalue weighted by molar-refractivity contribution is -0.144. The second-order valence-electron chi connectivity index (χ2n) is 9.35. The van der Waals surface area contributed by atoms with Crippen molar-refractivity contribution in [2.75, 3.05) is 10.6 Å². The van der Waals surface area contributed by atoms with Crippen LogP contribution in [0.15, 0.2) is 76.5 Å². The van der Waals surface area contributed by atoms with Crippen LogP contribution in [0.2, 0.25) is 0 Å². The predicted molar refractivity (Wildman–Crippen MR) is 152 cm³/mol. The summed E-state index contributed by atoms with van der Waals surface area (Å²) in [5, 5.41) is 22.8. The highest BCUT2D eigenvalue weighted by Gasteiger charge is 2.36. The van der Waals surface area contributed by atoms with E-state index >= 15 is 0 Å². The Kier molecular flexibility index (Phi) is 9.12. The monoisotopic (exact) mass is 562 g/mol. The molecular formula is C28H30N6O5S. The predicted octanol–water partition coefficient (Wildman–Crippen LogP) is 4.00. The van der Waals surface area contributed by atoms with E-state index in [1.807, 2.05) is 29.6 Å². The van der Waals surface area contributed by atoms with Gasteiger partial charge in [0.2, 0.25) is 0 Å². The molecule has 1 unspecified atom stereocenters. The minimum atomic E-state index is -1.81. The lowest BCUT2D eigenvalue weighted by Crippen LogP contribution is -2.56. The van der Waals surface area contributed by atoms with E-state index in [1.54, 1.807) is 48.7 Å². The molecule has 12 heteroatoms. The number of nitrogens with zero attached hydrogens (tertiary/aromatic N) is 3. The number of carbonyl (C=O) groups excluding carboxylic acids is 1. The summed E-state index contributed by atoms with van der Waals surface area (Å²) in [6.07, 6.45) is 2.34. The van der Waals surface area contributed by atoms with Crippen molar-refractivity contribution < 1.29 is 19.4 Å². The molecule has 3 heterocycles. The zero-order valence-electron chi connectivity index (χ0n) is 22.1. The van der Waals surface area contributed by atoms with Crippen molar-refractivity contribution in [2.24, 2.45) is 0 Å². The lowest BCUT2D eigenvalue weighted by Gasteiger charge is -2.26. The van der Waals surface area contributed by atoms with Gasteiger partial charge in [0.25, 0.3) is 0 Å². The molecular weight excluding hydrogens is 532 g/mol. The van der Waals surface area contributed by atoms with Gasteiger partial charge in [0.05, 0.1) is 6.54 Å². The summed E-state index contributed by atoms with van der Waals surface area (Å²) >= 11 is 1.58. The first-order chi connectivity index (χ1) is 19.2. The number of anilines is 2. The van der Waals surface area contributed by atoms with Crippen LogP contribution < -0.4 is 21.6 Å². The van der Waals surface area contributed by atoms with E-state index in [-0.39, 0.29) is 13.2 Å². The maximum absolute atomic E-state index is 12.8. The molecule has 0 fully saturated rings. The van der Waals surface area contributed by atoms with Gasteiger partial charge in [-0.05, 0) is 53.4 Å². The largest absolute Gasteiger partial charge is 0.479 e. The molecule has 0 saturated heterocycles. The Balaban J connectivity index is 1.38. The molecule has 0 aliphatic heterocycles. The van der Waals surface area contributed by atoms with Crippen LogP contribution in [0.1, 0.15) is 29.2 Å². The highest BCUT2D eigenvalue weighted by atomic mass is 32.1. The number of alkyl carbamates (subject to hydrolysis) is 1. The van der Waals surface area contributed by atoms with Crippen LogP contribution in [-0.2, 0) is 35.8 Å². The average Bonchev–Trinajstić information content (AvgIpc) is 3.40. The number of hydrogen-bond donors (Lipinski definition) is 4. The average molecular weight is 563 g/mol. The molecule has 0 radical (unpaired) electrons. The summed E-state index contributed by atoms with van der Waals surface area (Å²) in [6, 6.07) is 14.7. The maximum atomic E-state index is 12.8. The van der Waals surface area contributed by atoms with E-state index in [0.29, 0.717) is 24.5 Å². The first kappa shape index (κ1) is 28.3. The first-order valence-electron chi connectivity index (χ1n) is 12.5. The number of rotatable bonds is 12. The van der Waals surface area contributed by atoms with Gasteiger partial charge >= 0.3 is 17.8 Å². The number of hydrogen-bond acceptors (Lipinski definition) is 9. The molecule has 0 aliphatic carbocycles. The Morgan fingerprint density at radius 3 is 2.42 bits per heavy atom. The molecule has 4 aromatic rings. The van der Waals surface area contributed by atoms with Crippen LogP contribution >= 0.6 is 11.3 Å². The van der Waals surface area contributed by atoms with Crippen molar-refractivity contribution in [1.82, 2.24) is 19.9 Å². The van der Waals surface area contributed by atoms with Crippen LogP contribution in [0.3, 0.4) is 0 Å². The van der Waals surface area contributed by atoms with E-state index < -0.39 is 23.3 Å². The van der Waals surface area contributed by atoms with Gasteiger partial charge < -0.3 is 25.8 Å². The molecule has 0 saturated carbocycles. The number of nitrogens with one attached hydrogen (secondary N) is 3. The van der Waals surface area contributed by atoms with Crippen molar-refractivity contribution in [3.63, 3.8) is 0 Å². The van der Waals surface area contributed by atoms with Crippen LogP contribution in [0.5, 0.6) is 0 Å².